The zero-order valence-electron chi connectivity index (χ0n) is 21.3. The molecular formula is C28H41N3O2. The number of H-pyrrole nitrogens is 1. The third-order valence-electron chi connectivity index (χ3n) is 6.05. The standard InChI is InChI=1S/C17H15NO.C6H15N.C5H11NO/c1-11-5-13(10-19)8-15(6-11)14-3-4-17-16(9-14)7-12(2)18-17;1-6(2,3)7(4)5;7-4-5-2-1-3-6-5/h3-10,18H,1-2H3;1-5H3;5-7H,1-4H2. The van der Waals surface area contributed by atoms with Crippen molar-refractivity contribution in [3.63, 3.8) is 0 Å². The van der Waals surface area contributed by atoms with Crippen molar-refractivity contribution < 1.29 is 9.90 Å². The Morgan fingerprint density at radius 1 is 1.06 bits per heavy atom. The van der Waals surface area contributed by atoms with Crippen molar-refractivity contribution in [3.8, 4) is 11.1 Å². The van der Waals surface area contributed by atoms with Gasteiger partial charge in [-0.3, -0.25) is 4.79 Å². The SMILES string of the molecule is CN(C)C(C)(C)C.Cc1cc(C=O)cc(-c2ccc3[nH]c(C)cc3c2)c1.OCC1CCCN1. The summed E-state index contributed by atoms with van der Waals surface area (Å²) in [6.07, 6.45) is 3.27. The average Bonchev–Trinajstić information content (AvgIpc) is 3.41. The van der Waals surface area contributed by atoms with E-state index in [0.717, 1.165) is 52.7 Å². The maximum Gasteiger partial charge on any atom is 0.150 e. The second kappa shape index (κ2) is 12.1. The fourth-order valence-corrected chi connectivity index (χ4v) is 3.42. The molecule has 5 heteroatoms. The lowest BCUT2D eigenvalue weighted by molar-refractivity contribution is 0.112. The molecule has 0 aliphatic carbocycles. The number of nitrogens with one attached hydrogen (secondary N) is 2. The van der Waals surface area contributed by atoms with E-state index in [1.165, 1.54) is 11.8 Å². The number of aliphatic hydroxyl groups excluding tert-OH is 1. The Balaban J connectivity index is 0.000000227. The van der Waals surface area contributed by atoms with E-state index in [0.29, 0.717) is 18.2 Å². The van der Waals surface area contributed by atoms with Crippen molar-refractivity contribution in [2.45, 2.75) is 59.0 Å². The lowest BCUT2D eigenvalue weighted by Crippen LogP contribution is -2.34. The molecule has 180 valence electrons. The number of aldehydes is 1. The van der Waals surface area contributed by atoms with Gasteiger partial charge in [-0.05, 0) is 115 Å². The number of hydrogen-bond donors (Lipinski definition) is 3. The summed E-state index contributed by atoms with van der Waals surface area (Å²) >= 11 is 0. The van der Waals surface area contributed by atoms with Gasteiger partial charge in [0.2, 0.25) is 0 Å². The number of aryl methyl sites for hydroxylation is 2. The normalized spacial score (nSPS) is 15.6. The van der Waals surface area contributed by atoms with E-state index in [-0.39, 0.29) is 0 Å². The van der Waals surface area contributed by atoms with E-state index in [2.05, 4.69) is 87.3 Å². The first-order valence-electron chi connectivity index (χ1n) is 11.7. The molecule has 1 aromatic heterocycles. The molecule has 5 nitrogen and oxygen atoms in total. The summed E-state index contributed by atoms with van der Waals surface area (Å²) in [6, 6.07) is 14.8. The van der Waals surface area contributed by atoms with E-state index in [1.807, 2.05) is 19.1 Å². The van der Waals surface area contributed by atoms with Gasteiger partial charge in [0.05, 0.1) is 6.61 Å². The predicted molar refractivity (Wildman–Crippen MR) is 140 cm³/mol. The van der Waals surface area contributed by atoms with E-state index >= 15 is 0 Å². The summed E-state index contributed by atoms with van der Waals surface area (Å²) in [5, 5.41) is 12.9. The largest absolute Gasteiger partial charge is 0.395 e. The molecule has 2 heterocycles. The van der Waals surface area contributed by atoms with Gasteiger partial charge in [-0.25, -0.2) is 0 Å². The van der Waals surface area contributed by atoms with Crippen LogP contribution in [0.5, 0.6) is 0 Å². The molecule has 1 fully saturated rings. The number of carbonyl (C=O) groups is 1. The highest BCUT2D eigenvalue weighted by molar-refractivity contribution is 5.87. The molecule has 0 saturated carbocycles. The minimum absolute atomic E-state index is 0.306. The molecule has 1 unspecified atom stereocenters. The average molecular weight is 452 g/mol. The van der Waals surface area contributed by atoms with Gasteiger partial charge in [0, 0.05) is 33.7 Å². The first kappa shape index (κ1) is 26.8. The summed E-state index contributed by atoms with van der Waals surface area (Å²) in [6.45, 7) is 12.0. The monoisotopic (exact) mass is 451 g/mol. The number of aliphatic hydroxyl groups is 1. The molecule has 2 aromatic carbocycles. The fraction of sp³-hybridized carbons (Fsp3) is 0.464. The molecule has 3 N–H and O–H groups in total. The van der Waals surface area contributed by atoms with Crippen LogP contribution in [0.15, 0.2) is 42.5 Å². The predicted octanol–water partition coefficient (Wildman–Crippen LogP) is 5.34. The van der Waals surface area contributed by atoms with Gasteiger partial charge in [0.1, 0.15) is 6.29 Å². The first-order valence-corrected chi connectivity index (χ1v) is 11.7. The third kappa shape index (κ3) is 8.43. The van der Waals surface area contributed by atoms with Crippen LogP contribution in [-0.2, 0) is 0 Å². The zero-order valence-corrected chi connectivity index (χ0v) is 21.3. The molecule has 0 spiro atoms. The van der Waals surface area contributed by atoms with E-state index in [4.69, 9.17) is 5.11 Å². The number of carbonyl (C=O) groups excluding carboxylic acids is 1. The molecule has 0 bridgehead atoms. The van der Waals surface area contributed by atoms with Crippen LogP contribution in [0.1, 0.15) is 55.2 Å². The summed E-state index contributed by atoms with van der Waals surface area (Å²) in [5.41, 5.74) is 6.68. The van der Waals surface area contributed by atoms with Crippen molar-refractivity contribution in [3.05, 3.63) is 59.3 Å². The van der Waals surface area contributed by atoms with Crippen LogP contribution in [0.3, 0.4) is 0 Å². The van der Waals surface area contributed by atoms with Crippen molar-refractivity contribution in [1.82, 2.24) is 15.2 Å². The van der Waals surface area contributed by atoms with Gasteiger partial charge in [-0.2, -0.15) is 0 Å². The minimum Gasteiger partial charge on any atom is -0.395 e. The smallest absolute Gasteiger partial charge is 0.150 e. The molecule has 0 radical (unpaired) electrons. The van der Waals surface area contributed by atoms with Gasteiger partial charge in [0.25, 0.3) is 0 Å². The fourth-order valence-electron chi connectivity index (χ4n) is 3.42. The van der Waals surface area contributed by atoms with Gasteiger partial charge in [-0.15, -0.1) is 0 Å². The molecule has 1 aliphatic heterocycles. The summed E-state index contributed by atoms with van der Waals surface area (Å²) in [5.74, 6) is 0. The Bertz CT molecular complexity index is 1030. The molecule has 1 aliphatic rings. The van der Waals surface area contributed by atoms with E-state index in [9.17, 15) is 4.79 Å². The van der Waals surface area contributed by atoms with Crippen molar-refractivity contribution in [1.29, 1.82) is 0 Å². The van der Waals surface area contributed by atoms with Crippen molar-refractivity contribution >= 4 is 17.2 Å². The Morgan fingerprint density at radius 3 is 2.27 bits per heavy atom. The van der Waals surface area contributed by atoms with Crippen LogP contribution in [-0.4, -0.2) is 60.1 Å². The maximum atomic E-state index is 11.0. The van der Waals surface area contributed by atoms with Crippen LogP contribution in [0.25, 0.3) is 22.0 Å². The second-order valence-corrected chi connectivity index (χ2v) is 10.0. The Hall–Kier alpha value is -2.47. The van der Waals surface area contributed by atoms with E-state index in [1.54, 1.807) is 0 Å². The quantitative estimate of drug-likeness (QED) is 0.470. The third-order valence-corrected chi connectivity index (χ3v) is 6.05. The number of aromatic nitrogens is 1. The number of nitrogens with zero attached hydrogens (tertiary/aromatic N) is 1. The summed E-state index contributed by atoms with van der Waals surface area (Å²) in [4.78, 5) is 16.5. The number of benzene rings is 2. The van der Waals surface area contributed by atoms with Crippen molar-refractivity contribution in [2.75, 3.05) is 27.2 Å². The minimum atomic E-state index is 0.306. The maximum absolute atomic E-state index is 11.0. The lowest BCUT2D eigenvalue weighted by Gasteiger charge is -2.27. The number of fused-ring (bicyclic) bond motifs is 1. The molecule has 1 atom stereocenters. The Morgan fingerprint density at radius 2 is 1.76 bits per heavy atom. The second-order valence-electron chi connectivity index (χ2n) is 10.0. The zero-order chi connectivity index (χ0) is 24.6. The molecule has 33 heavy (non-hydrogen) atoms. The van der Waals surface area contributed by atoms with Gasteiger partial charge < -0.3 is 20.3 Å². The highest BCUT2D eigenvalue weighted by Crippen LogP contribution is 2.26. The van der Waals surface area contributed by atoms with Crippen LogP contribution >= 0.6 is 0 Å². The molecule has 4 rings (SSSR count). The molecule has 3 aromatic rings. The molecule has 1 saturated heterocycles. The van der Waals surface area contributed by atoms with E-state index < -0.39 is 0 Å². The topological polar surface area (TPSA) is 68.4 Å². The van der Waals surface area contributed by atoms with Crippen molar-refractivity contribution in [2.24, 2.45) is 0 Å². The highest BCUT2D eigenvalue weighted by atomic mass is 16.3. The highest BCUT2D eigenvalue weighted by Gasteiger charge is 2.11. The molecular weight excluding hydrogens is 410 g/mol. The number of aromatic amines is 1. The number of rotatable bonds is 3. The Kier molecular flexibility index (Phi) is 9.84. The van der Waals surface area contributed by atoms with Crippen LogP contribution in [0.2, 0.25) is 0 Å². The lowest BCUT2D eigenvalue weighted by atomic mass is 10.00. The van der Waals surface area contributed by atoms with Gasteiger partial charge >= 0.3 is 0 Å². The summed E-state index contributed by atoms with van der Waals surface area (Å²) in [7, 11) is 4.17. The van der Waals surface area contributed by atoms with Crippen LogP contribution in [0, 0.1) is 13.8 Å². The first-order chi connectivity index (χ1) is 15.5. The van der Waals surface area contributed by atoms with Crippen LogP contribution in [0.4, 0.5) is 0 Å². The molecule has 0 amide bonds. The summed E-state index contributed by atoms with van der Waals surface area (Å²) < 4.78 is 0. The Labute approximate surface area is 199 Å². The number of hydrogen-bond acceptors (Lipinski definition) is 4. The van der Waals surface area contributed by atoms with Crippen LogP contribution < -0.4 is 5.32 Å². The van der Waals surface area contributed by atoms with Gasteiger partial charge in [0.15, 0.2) is 0 Å². The van der Waals surface area contributed by atoms with Gasteiger partial charge in [-0.1, -0.05) is 12.1 Å².